The molecule has 0 spiro atoms. The lowest BCUT2D eigenvalue weighted by Gasteiger charge is -2.28. The summed E-state index contributed by atoms with van der Waals surface area (Å²) in [5.74, 6) is 1.62. The molecule has 1 fully saturated rings. The largest absolute Gasteiger partial charge is 0.381 e. The Morgan fingerprint density at radius 1 is 1.36 bits per heavy atom. The number of alkyl halides is 1. The van der Waals surface area contributed by atoms with Gasteiger partial charge in [0.2, 0.25) is 0 Å². The molecule has 1 saturated carbocycles. The van der Waals surface area contributed by atoms with Gasteiger partial charge in [0.05, 0.1) is 6.61 Å². The molecule has 0 aromatic rings. The predicted octanol–water partition coefficient (Wildman–Crippen LogP) is 3.86. The van der Waals surface area contributed by atoms with E-state index in [0.29, 0.717) is 11.3 Å². The first kappa shape index (κ1) is 12.5. The summed E-state index contributed by atoms with van der Waals surface area (Å²) in [6, 6.07) is 0. The highest BCUT2D eigenvalue weighted by Gasteiger charge is 2.24. The molecule has 0 heterocycles. The molecular formula is C12H23BrO. The van der Waals surface area contributed by atoms with Crippen molar-refractivity contribution in [3.8, 4) is 0 Å². The van der Waals surface area contributed by atoms with Crippen LogP contribution in [0.4, 0.5) is 0 Å². The van der Waals surface area contributed by atoms with Crippen molar-refractivity contribution in [2.24, 2.45) is 17.3 Å². The van der Waals surface area contributed by atoms with Crippen molar-refractivity contribution in [1.82, 2.24) is 0 Å². The summed E-state index contributed by atoms with van der Waals surface area (Å²) in [5, 5.41) is 1.04. The van der Waals surface area contributed by atoms with Crippen LogP contribution in [-0.4, -0.2) is 18.5 Å². The molecule has 0 N–H and O–H groups in total. The fourth-order valence-electron chi connectivity index (χ4n) is 1.41. The summed E-state index contributed by atoms with van der Waals surface area (Å²) in [4.78, 5) is 0. The van der Waals surface area contributed by atoms with E-state index in [0.717, 1.165) is 24.5 Å². The van der Waals surface area contributed by atoms with Gasteiger partial charge >= 0.3 is 0 Å². The summed E-state index contributed by atoms with van der Waals surface area (Å²) >= 11 is 3.57. The second-order valence-electron chi connectivity index (χ2n) is 5.52. The van der Waals surface area contributed by atoms with Crippen LogP contribution in [0.1, 0.15) is 40.0 Å². The van der Waals surface area contributed by atoms with E-state index in [1.807, 2.05) is 0 Å². The molecule has 1 unspecified atom stereocenters. The molecule has 84 valence electrons. The van der Waals surface area contributed by atoms with E-state index in [1.165, 1.54) is 19.3 Å². The number of rotatable bonds is 6. The zero-order valence-electron chi connectivity index (χ0n) is 9.68. The van der Waals surface area contributed by atoms with Crippen LogP contribution < -0.4 is 0 Å². The average Bonchev–Trinajstić information content (AvgIpc) is 2.85. The van der Waals surface area contributed by atoms with Gasteiger partial charge in [-0.25, -0.2) is 0 Å². The highest BCUT2D eigenvalue weighted by molar-refractivity contribution is 9.09. The maximum absolute atomic E-state index is 5.73. The molecule has 1 rings (SSSR count). The fourth-order valence-corrected chi connectivity index (χ4v) is 2.57. The molecular weight excluding hydrogens is 240 g/mol. The van der Waals surface area contributed by atoms with Gasteiger partial charge in [0.25, 0.3) is 0 Å². The molecule has 0 amide bonds. The second kappa shape index (κ2) is 5.50. The maximum atomic E-state index is 5.73. The van der Waals surface area contributed by atoms with Gasteiger partial charge in [0.1, 0.15) is 0 Å². The average molecular weight is 263 g/mol. The van der Waals surface area contributed by atoms with Gasteiger partial charge in [0, 0.05) is 11.9 Å². The standard InChI is InChI=1S/C12H23BrO/c1-12(2,3)11(8-13)9-14-7-6-10-4-5-10/h10-11H,4-9H2,1-3H3. The minimum Gasteiger partial charge on any atom is -0.381 e. The van der Waals surface area contributed by atoms with E-state index in [4.69, 9.17) is 4.74 Å². The third-order valence-electron chi connectivity index (χ3n) is 3.10. The highest BCUT2D eigenvalue weighted by atomic mass is 79.9. The lowest BCUT2D eigenvalue weighted by Crippen LogP contribution is -2.26. The summed E-state index contributed by atoms with van der Waals surface area (Å²) in [5.41, 5.74) is 0.350. The summed E-state index contributed by atoms with van der Waals surface area (Å²) in [6.45, 7) is 8.71. The van der Waals surface area contributed by atoms with Gasteiger partial charge < -0.3 is 4.74 Å². The Bertz CT molecular complexity index is 158. The number of ether oxygens (including phenoxy) is 1. The monoisotopic (exact) mass is 262 g/mol. The molecule has 1 nitrogen and oxygen atoms in total. The molecule has 1 aliphatic carbocycles. The first-order chi connectivity index (χ1) is 6.54. The van der Waals surface area contributed by atoms with E-state index in [-0.39, 0.29) is 0 Å². The Morgan fingerprint density at radius 3 is 2.43 bits per heavy atom. The van der Waals surface area contributed by atoms with Crippen molar-refractivity contribution in [1.29, 1.82) is 0 Å². The maximum Gasteiger partial charge on any atom is 0.0507 e. The van der Waals surface area contributed by atoms with E-state index in [2.05, 4.69) is 36.7 Å². The van der Waals surface area contributed by atoms with Crippen LogP contribution in [0.15, 0.2) is 0 Å². The van der Waals surface area contributed by atoms with Crippen molar-refractivity contribution in [3.05, 3.63) is 0 Å². The summed E-state index contributed by atoms with van der Waals surface area (Å²) in [6.07, 6.45) is 4.15. The van der Waals surface area contributed by atoms with Gasteiger partial charge in [-0.05, 0) is 23.7 Å². The molecule has 0 aromatic carbocycles. The van der Waals surface area contributed by atoms with Crippen molar-refractivity contribution < 1.29 is 4.74 Å². The Hall–Kier alpha value is 0.440. The second-order valence-corrected chi connectivity index (χ2v) is 6.17. The van der Waals surface area contributed by atoms with Gasteiger partial charge in [-0.3, -0.25) is 0 Å². The highest BCUT2D eigenvalue weighted by Crippen LogP contribution is 2.32. The SMILES string of the molecule is CC(C)(C)C(CBr)COCCC1CC1. The van der Waals surface area contributed by atoms with E-state index < -0.39 is 0 Å². The molecule has 0 saturated heterocycles. The van der Waals surface area contributed by atoms with Crippen molar-refractivity contribution in [3.63, 3.8) is 0 Å². The van der Waals surface area contributed by atoms with Crippen LogP contribution in [0, 0.1) is 17.3 Å². The molecule has 1 aliphatic rings. The third kappa shape index (κ3) is 4.79. The smallest absolute Gasteiger partial charge is 0.0507 e. The number of hydrogen-bond acceptors (Lipinski definition) is 1. The van der Waals surface area contributed by atoms with Gasteiger partial charge in [-0.1, -0.05) is 49.5 Å². The quantitative estimate of drug-likeness (QED) is 0.522. The van der Waals surface area contributed by atoms with Crippen LogP contribution in [-0.2, 0) is 4.74 Å². The Labute approximate surface area is 96.7 Å². The van der Waals surface area contributed by atoms with Gasteiger partial charge in [-0.15, -0.1) is 0 Å². The van der Waals surface area contributed by atoms with Crippen LogP contribution in [0.2, 0.25) is 0 Å². The molecule has 0 aliphatic heterocycles. The molecule has 0 bridgehead atoms. The first-order valence-corrected chi connectivity index (χ1v) is 6.80. The van der Waals surface area contributed by atoms with Crippen LogP contribution in [0.5, 0.6) is 0 Å². The van der Waals surface area contributed by atoms with Crippen LogP contribution >= 0.6 is 15.9 Å². The first-order valence-electron chi connectivity index (χ1n) is 5.67. The molecule has 0 aromatic heterocycles. The van der Waals surface area contributed by atoms with E-state index in [1.54, 1.807) is 0 Å². The van der Waals surface area contributed by atoms with Crippen LogP contribution in [0.25, 0.3) is 0 Å². The normalized spacial score (nSPS) is 19.7. The van der Waals surface area contributed by atoms with Crippen molar-refractivity contribution in [2.45, 2.75) is 40.0 Å². The third-order valence-corrected chi connectivity index (χ3v) is 3.88. The Kier molecular flexibility index (Phi) is 4.92. The number of halogens is 1. The zero-order chi connectivity index (χ0) is 10.6. The lowest BCUT2D eigenvalue weighted by atomic mass is 9.83. The summed E-state index contributed by atoms with van der Waals surface area (Å²) in [7, 11) is 0. The van der Waals surface area contributed by atoms with Gasteiger partial charge in [0.15, 0.2) is 0 Å². The minimum absolute atomic E-state index is 0.350. The van der Waals surface area contributed by atoms with Crippen molar-refractivity contribution in [2.75, 3.05) is 18.5 Å². The molecule has 14 heavy (non-hydrogen) atoms. The molecule has 2 heteroatoms. The Balaban J connectivity index is 2.07. The minimum atomic E-state index is 0.350. The Morgan fingerprint density at radius 2 is 2.00 bits per heavy atom. The number of hydrogen-bond donors (Lipinski definition) is 0. The van der Waals surface area contributed by atoms with E-state index in [9.17, 15) is 0 Å². The molecule has 0 radical (unpaired) electrons. The van der Waals surface area contributed by atoms with Crippen LogP contribution in [0.3, 0.4) is 0 Å². The predicted molar refractivity (Wildman–Crippen MR) is 64.9 cm³/mol. The summed E-state index contributed by atoms with van der Waals surface area (Å²) < 4.78 is 5.73. The van der Waals surface area contributed by atoms with Crippen molar-refractivity contribution >= 4 is 15.9 Å². The fraction of sp³-hybridized carbons (Fsp3) is 1.00. The van der Waals surface area contributed by atoms with E-state index >= 15 is 0 Å². The van der Waals surface area contributed by atoms with Gasteiger partial charge in [-0.2, -0.15) is 0 Å². The molecule has 1 atom stereocenters. The lowest BCUT2D eigenvalue weighted by molar-refractivity contribution is 0.0633. The zero-order valence-corrected chi connectivity index (χ0v) is 11.3. The topological polar surface area (TPSA) is 9.23 Å².